The lowest BCUT2D eigenvalue weighted by atomic mass is 10.2. The van der Waals surface area contributed by atoms with Crippen LogP contribution in [0.15, 0.2) is 36.5 Å². The smallest absolute Gasteiger partial charge is 0.120 e. The lowest BCUT2D eigenvalue weighted by Gasteiger charge is -2.14. The Bertz CT molecular complexity index is 495. The maximum absolute atomic E-state index is 8.75. The lowest BCUT2D eigenvalue weighted by Crippen LogP contribution is -2.19. The summed E-state index contributed by atoms with van der Waals surface area (Å²) in [5.74, 6) is 0.994. The highest BCUT2D eigenvalue weighted by Gasteiger charge is 2.05. The number of benzene rings is 1. The van der Waals surface area contributed by atoms with E-state index in [0.717, 1.165) is 49.4 Å². The molecular formula is C16H23N3O. The van der Waals surface area contributed by atoms with Gasteiger partial charge in [-0.15, -0.1) is 0 Å². The Hall–Kier alpha value is -1.65. The van der Waals surface area contributed by atoms with Gasteiger partial charge in [-0.1, -0.05) is 30.3 Å². The monoisotopic (exact) mass is 273 g/mol. The zero-order valence-corrected chi connectivity index (χ0v) is 12.0. The number of nitrogens with zero attached hydrogens (tertiary/aromatic N) is 2. The van der Waals surface area contributed by atoms with Gasteiger partial charge in [0.15, 0.2) is 0 Å². The summed E-state index contributed by atoms with van der Waals surface area (Å²) in [5.41, 5.74) is 2.23. The van der Waals surface area contributed by atoms with E-state index >= 15 is 0 Å². The molecule has 0 aliphatic rings. The van der Waals surface area contributed by atoms with Crippen LogP contribution in [-0.4, -0.2) is 40.2 Å². The van der Waals surface area contributed by atoms with Crippen LogP contribution in [0.3, 0.4) is 0 Å². The van der Waals surface area contributed by atoms with Gasteiger partial charge in [-0.05, 0) is 38.4 Å². The first-order valence-corrected chi connectivity index (χ1v) is 7.18. The molecule has 1 aromatic heterocycles. The summed E-state index contributed by atoms with van der Waals surface area (Å²) >= 11 is 0. The van der Waals surface area contributed by atoms with E-state index in [1.807, 2.05) is 24.4 Å². The topological polar surface area (TPSA) is 52.1 Å². The second-order valence-corrected chi connectivity index (χ2v) is 5.13. The predicted molar refractivity (Wildman–Crippen MR) is 81.3 cm³/mol. The molecule has 2 rings (SSSR count). The Morgan fingerprint density at radius 1 is 1.15 bits per heavy atom. The van der Waals surface area contributed by atoms with E-state index < -0.39 is 0 Å². The number of hydrogen-bond donors (Lipinski definition) is 2. The summed E-state index contributed by atoms with van der Waals surface area (Å²) in [4.78, 5) is 10.1. The minimum atomic E-state index is 0.294. The highest BCUT2D eigenvalue weighted by atomic mass is 16.2. The minimum absolute atomic E-state index is 0.294. The van der Waals surface area contributed by atoms with Crippen molar-refractivity contribution in [2.24, 2.45) is 0 Å². The third kappa shape index (κ3) is 4.47. The molecule has 2 N–H and O–H groups in total. The van der Waals surface area contributed by atoms with Gasteiger partial charge in [0.1, 0.15) is 5.82 Å². The fraction of sp³-hybridized carbons (Fsp3) is 0.438. The highest BCUT2D eigenvalue weighted by molar-refractivity contribution is 5.57. The molecular weight excluding hydrogens is 250 g/mol. The molecule has 0 spiro atoms. The summed E-state index contributed by atoms with van der Waals surface area (Å²) in [6.07, 6.45) is 4.98. The van der Waals surface area contributed by atoms with Gasteiger partial charge in [0.05, 0.1) is 18.4 Å². The second-order valence-electron chi connectivity index (χ2n) is 5.13. The van der Waals surface area contributed by atoms with Crippen molar-refractivity contribution < 1.29 is 5.11 Å². The van der Waals surface area contributed by atoms with Crippen molar-refractivity contribution in [3.63, 3.8) is 0 Å². The number of imidazole rings is 1. The molecule has 1 aromatic carbocycles. The minimum Gasteiger partial charge on any atom is -0.396 e. The van der Waals surface area contributed by atoms with Crippen LogP contribution in [-0.2, 0) is 6.54 Å². The van der Waals surface area contributed by atoms with Crippen LogP contribution < -0.4 is 0 Å². The van der Waals surface area contributed by atoms with Crippen molar-refractivity contribution in [1.82, 2.24) is 14.9 Å². The summed E-state index contributed by atoms with van der Waals surface area (Å²) in [7, 11) is 2.10. The fourth-order valence-electron chi connectivity index (χ4n) is 2.21. The number of rotatable bonds is 8. The Morgan fingerprint density at radius 2 is 1.95 bits per heavy atom. The number of aliphatic hydroxyl groups is 1. The van der Waals surface area contributed by atoms with E-state index in [4.69, 9.17) is 5.11 Å². The third-order valence-corrected chi connectivity index (χ3v) is 3.33. The van der Waals surface area contributed by atoms with Gasteiger partial charge >= 0.3 is 0 Å². The molecule has 4 heteroatoms. The lowest BCUT2D eigenvalue weighted by molar-refractivity contribution is 0.270. The molecule has 2 aromatic rings. The Labute approximate surface area is 120 Å². The first-order valence-electron chi connectivity index (χ1n) is 7.18. The maximum atomic E-state index is 8.75. The molecule has 0 aliphatic carbocycles. The zero-order chi connectivity index (χ0) is 14.2. The van der Waals surface area contributed by atoms with Crippen molar-refractivity contribution in [3.05, 3.63) is 42.4 Å². The maximum Gasteiger partial charge on any atom is 0.120 e. The van der Waals surface area contributed by atoms with Crippen molar-refractivity contribution >= 4 is 0 Å². The number of aromatic nitrogens is 2. The van der Waals surface area contributed by atoms with Gasteiger partial charge in [0.2, 0.25) is 0 Å². The van der Waals surface area contributed by atoms with Crippen LogP contribution in [0, 0.1) is 0 Å². The molecule has 0 saturated carbocycles. The Balaban J connectivity index is 1.83. The first-order chi connectivity index (χ1) is 9.79. The van der Waals surface area contributed by atoms with Gasteiger partial charge in [-0.3, -0.25) is 4.90 Å². The van der Waals surface area contributed by atoms with E-state index in [-0.39, 0.29) is 0 Å². The largest absolute Gasteiger partial charge is 0.396 e. The van der Waals surface area contributed by atoms with E-state index in [0.29, 0.717) is 6.61 Å². The van der Waals surface area contributed by atoms with Gasteiger partial charge in [-0.25, -0.2) is 4.98 Å². The van der Waals surface area contributed by atoms with Gasteiger partial charge in [0, 0.05) is 6.61 Å². The molecule has 0 atom stereocenters. The van der Waals surface area contributed by atoms with Crippen molar-refractivity contribution in [1.29, 1.82) is 0 Å². The molecule has 4 nitrogen and oxygen atoms in total. The summed E-state index contributed by atoms with van der Waals surface area (Å²) in [6, 6.07) is 10.2. The number of hydrogen-bond acceptors (Lipinski definition) is 3. The quantitative estimate of drug-likeness (QED) is 0.727. The standard InChI is InChI=1S/C16H23N3O/c1-19(10-6-3-7-11-20)13-16-17-12-15(18-16)14-8-4-2-5-9-14/h2,4-5,8-9,12,20H,3,6-7,10-11,13H2,1H3,(H,17,18). The molecule has 108 valence electrons. The molecule has 0 amide bonds. The second kappa shape index (κ2) is 7.82. The van der Waals surface area contributed by atoms with Crippen LogP contribution in [0.2, 0.25) is 0 Å². The van der Waals surface area contributed by atoms with Crippen molar-refractivity contribution in [3.8, 4) is 11.3 Å². The molecule has 0 aliphatic heterocycles. The molecule has 0 bridgehead atoms. The predicted octanol–water partition coefficient (Wildman–Crippen LogP) is 2.67. The molecule has 0 fully saturated rings. The number of H-pyrrole nitrogens is 1. The number of aromatic amines is 1. The molecule has 0 unspecified atom stereocenters. The fourth-order valence-corrected chi connectivity index (χ4v) is 2.21. The first kappa shape index (κ1) is 14.8. The molecule has 1 heterocycles. The van der Waals surface area contributed by atoms with Crippen LogP contribution in [0.1, 0.15) is 25.1 Å². The van der Waals surface area contributed by atoms with Crippen LogP contribution in [0.25, 0.3) is 11.3 Å². The van der Waals surface area contributed by atoms with E-state index in [1.165, 1.54) is 0 Å². The normalized spacial score (nSPS) is 11.2. The van der Waals surface area contributed by atoms with Gasteiger partial charge < -0.3 is 10.1 Å². The van der Waals surface area contributed by atoms with Crippen LogP contribution in [0.5, 0.6) is 0 Å². The average molecular weight is 273 g/mol. The van der Waals surface area contributed by atoms with E-state index in [1.54, 1.807) is 0 Å². The molecule has 0 radical (unpaired) electrons. The zero-order valence-electron chi connectivity index (χ0n) is 12.0. The van der Waals surface area contributed by atoms with Gasteiger partial charge in [-0.2, -0.15) is 0 Å². The van der Waals surface area contributed by atoms with Gasteiger partial charge in [0.25, 0.3) is 0 Å². The van der Waals surface area contributed by atoms with Crippen LogP contribution >= 0.6 is 0 Å². The Kier molecular flexibility index (Phi) is 5.77. The SMILES string of the molecule is CN(CCCCCO)Cc1ncc(-c2ccccc2)[nH]1. The van der Waals surface area contributed by atoms with Crippen LogP contribution in [0.4, 0.5) is 0 Å². The van der Waals surface area contributed by atoms with E-state index in [2.05, 4.69) is 34.0 Å². The number of unbranched alkanes of at least 4 members (excludes halogenated alkanes) is 2. The Morgan fingerprint density at radius 3 is 2.70 bits per heavy atom. The summed E-state index contributed by atoms with van der Waals surface area (Å²) in [5, 5.41) is 8.75. The average Bonchev–Trinajstić information content (AvgIpc) is 2.93. The van der Waals surface area contributed by atoms with Crippen molar-refractivity contribution in [2.45, 2.75) is 25.8 Å². The van der Waals surface area contributed by atoms with E-state index in [9.17, 15) is 0 Å². The molecule has 20 heavy (non-hydrogen) atoms. The highest BCUT2D eigenvalue weighted by Crippen LogP contribution is 2.16. The third-order valence-electron chi connectivity index (χ3n) is 3.33. The number of nitrogens with one attached hydrogen (secondary N) is 1. The molecule has 0 saturated heterocycles. The summed E-state index contributed by atoms with van der Waals surface area (Å²) < 4.78 is 0. The van der Waals surface area contributed by atoms with Crippen molar-refractivity contribution in [2.75, 3.05) is 20.2 Å². The summed E-state index contributed by atoms with van der Waals surface area (Å²) in [6.45, 7) is 2.15. The number of aliphatic hydroxyl groups excluding tert-OH is 1.